The Morgan fingerprint density at radius 2 is 2.03 bits per heavy atom. The van der Waals surface area contributed by atoms with Crippen LogP contribution in [0.3, 0.4) is 0 Å². The second-order valence-corrected chi connectivity index (χ2v) is 8.07. The van der Waals surface area contributed by atoms with Gasteiger partial charge in [-0.25, -0.2) is 0 Å². The molecule has 1 saturated heterocycles. The monoisotopic (exact) mass is 436 g/mol. The molecule has 4 rings (SSSR count). The van der Waals surface area contributed by atoms with Crippen LogP contribution in [0.15, 0.2) is 30.3 Å². The molecule has 0 unspecified atom stereocenters. The van der Waals surface area contributed by atoms with E-state index in [0.29, 0.717) is 72.8 Å². The van der Waals surface area contributed by atoms with E-state index in [4.69, 9.17) is 20.6 Å². The Balaban J connectivity index is 1.49. The molecule has 8 heteroatoms. The van der Waals surface area contributed by atoms with Crippen LogP contribution in [0.5, 0.6) is 11.5 Å². The molecule has 0 aliphatic carbocycles. The number of amides is 2. The first-order chi connectivity index (χ1) is 15.4. The number of aryl methyl sites for hydroxylation is 1. The van der Waals surface area contributed by atoms with Crippen LogP contribution in [0.2, 0.25) is 0 Å². The minimum absolute atomic E-state index is 0.110. The SMILES string of the molecule is CCOc1ccc2c(c1)C(=O)NC1(CCN(C(=O)c3cc(C=N)c(N)c(CC)c3)CC1)O2. The summed E-state index contributed by atoms with van der Waals surface area (Å²) in [6.45, 7) is 5.26. The molecule has 1 spiro atoms. The summed E-state index contributed by atoms with van der Waals surface area (Å²) < 4.78 is 11.7. The number of nitrogen functional groups attached to an aromatic ring is 1. The van der Waals surface area contributed by atoms with E-state index >= 15 is 0 Å². The maximum absolute atomic E-state index is 13.1. The van der Waals surface area contributed by atoms with Crippen molar-refractivity contribution in [3.63, 3.8) is 0 Å². The maximum atomic E-state index is 13.1. The molecule has 168 valence electrons. The predicted molar refractivity (Wildman–Crippen MR) is 122 cm³/mol. The highest BCUT2D eigenvalue weighted by molar-refractivity contribution is 5.99. The van der Waals surface area contributed by atoms with E-state index in [-0.39, 0.29) is 11.8 Å². The molecular formula is C24H28N4O4. The largest absolute Gasteiger partial charge is 0.494 e. The lowest BCUT2D eigenvalue weighted by Gasteiger charge is -2.44. The van der Waals surface area contributed by atoms with Crippen molar-refractivity contribution in [1.82, 2.24) is 10.2 Å². The topological polar surface area (TPSA) is 118 Å². The average Bonchev–Trinajstić information content (AvgIpc) is 2.80. The van der Waals surface area contributed by atoms with Crippen LogP contribution < -0.4 is 20.5 Å². The van der Waals surface area contributed by atoms with E-state index in [1.807, 2.05) is 13.8 Å². The summed E-state index contributed by atoms with van der Waals surface area (Å²) >= 11 is 0. The molecule has 2 aromatic carbocycles. The zero-order chi connectivity index (χ0) is 22.9. The number of likely N-dealkylation sites (tertiary alicyclic amines) is 1. The number of hydrogen-bond donors (Lipinski definition) is 3. The number of carbonyl (C=O) groups is 2. The molecule has 32 heavy (non-hydrogen) atoms. The van der Waals surface area contributed by atoms with Crippen molar-refractivity contribution in [1.29, 1.82) is 5.41 Å². The first-order valence-electron chi connectivity index (χ1n) is 10.9. The van der Waals surface area contributed by atoms with Gasteiger partial charge in [0.15, 0.2) is 5.72 Å². The van der Waals surface area contributed by atoms with Crippen molar-refractivity contribution < 1.29 is 19.1 Å². The van der Waals surface area contributed by atoms with Crippen molar-refractivity contribution >= 4 is 23.7 Å². The van der Waals surface area contributed by atoms with Gasteiger partial charge >= 0.3 is 0 Å². The lowest BCUT2D eigenvalue weighted by Crippen LogP contribution is -2.61. The van der Waals surface area contributed by atoms with Crippen LogP contribution in [0.25, 0.3) is 0 Å². The standard InChI is InChI=1S/C24H28N4O4/c1-3-15-11-16(12-17(14-25)21(15)26)23(30)28-9-7-24(8-10-28)27-22(29)19-13-18(31-4-2)5-6-20(19)32-24/h5-6,11-14,25H,3-4,7-10,26H2,1-2H3,(H,27,29). The van der Waals surface area contributed by atoms with E-state index in [1.54, 1.807) is 35.2 Å². The van der Waals surface area contributed by atoms with Gasteiger partial charge in [-0.15, -0.1) is 0 Å². The molecule has 4 N–H and O–H groups in total. The number of carbonyl (C=O) groups excluding carboxylic acids is 2. The van der Waals surface area contributed by atoms with Crippen LogP contribution >= 0.6 is 0 Å². The Labute approximate surface area is 187 Å². The molecule has 0 radical (unpaired) electrons. The van der Waals surface area contributed by atoms with Gasteiger partial charge < -0.3 is 30.8 Å². The molecule has 2 aliphatic heterocycles. The zero-order valence-corrected chi connectivity index (χ0v) is 18.4. The number of hydrogen-bond acceptors (Lipinski definition) is 6. The number of nitrogens with zero attached hydrogens (tertiary/aromatic N) is 1. The van der Waals surface area contributed by atoms with Gasteiger partial charge in [0.2, 0.25) is 0 Å². The lowest BCUT2D eigenvalue weighted by molar-refractivity contribution is -0.0246. The Morgan fingerprint density at radius 3 is 2.69 bits per heavy atom. The molecule has 0 bridgehead atoms. The van der Waals surface area contributed by atoms with E-state index < -0.39 is 5.72 Å². The number of ether oxygens (including phenoxy) is 2. The number of nitrogens with one attached hydrogen (secondary N) is 2. The van der Waals surface area contributed by atoms with E-state index in [2.05, 4.69) is 5.32 Å². The molecule has 2 aliphatic rings. The summed E-state index contributed by atoms with van der Waals surface area (Å²) in [4.78, 5) is 27.7. The van der Waals surface area contributed by atoms with Crippen LogP contribution in [-0.4, -0.2) is 48.4 Å². The van der Waals surface area contributed by atoms with Crippen molar-refractivity contribution in [2.24, 2.45) is 0 Å². The quantitative estimate of drug-likeness (QED) is 0.492. The minimum Gasteiger partial charge on any atom is -0.494 e. The van der Waals surface area contributed by atoms with Crippen molar-refractivity contribution in [3.05, 3.63) is 52.6 Å². The summed E-state index contributed by atoms with van der Waals surface area (Å²) in [5, 5.41) is 10.6. The van der Waals surface area contributed by atoms with Gasteiger partial charge in [0.25, 0.3) is 11.8 Å². The Bertz CT molecular complexity index is 1070. The highest BCUT2D eigenvalue weighted by Crippen LogP contribution is 2.35. The Morgan fingerprint density at radius 1 is 1.28 bits per heavy atom. The van der Waals surface area contributed by atoms with Gasteiger partial charge in [-0.05, 0) is 49.2 Å². The number of fused-ring (bicyclic) bond motifs is 1. The number of nitrogens with two attached hydrogens (primary N) is 1. The fourth-order valence-electron chi connectivity index (χ4n) is 4.30. The Kier molecular flexibility index (Phi) is 5.78. The summed E-state index contributed by atoms with van der Waals surface area (Å²) in [5.41, 5.74) is 8.17. The van der Waals surface area contributed by atoms with Crippen molar-refractivity contribution in [2.45, 2.75) is 38.8 Å². The molecule has 2 heterocycles. The van der Waals surface area contributed by atoms with Crippen LogP contribution in [0.4, 0.5) is 5.69 Å². The fraction of sp³-hybridized carbons (Fsp3) is 0.375. The molecular weight excluding hydrogens is 408 g/mol. The predicted octanol–water partition coefficient (Wildman–Crippen LogP) is 2.98. The van der Waals surface area contributed by atoms with E-state index in [9.17, 15) is 9.59 Å². The van der Waals surface area contributed by atoms with Gasteiger partial charge in [0.1, 0.15) is 11.5 Å². The summed E-state index contributed by atoms with van der Waals surface area (Å²) in [5.74, 6) is 0.843. The third-order valence-corrected chi connectivity index (χ3v) is 6.09. The second kappa shape index (κ2) is 8.53. The van der Waals surface area contributed by atoms with Gasteiger partial charge in [-0.2, -0.15) is 0 Å². The first-order valence-corrected chi connectivity index (χ1v) is 10.9. The third-order valence-electron chi connectivity index (χ3n) is 6.09. The molecule has 0 atom stereocenters. The number of piperidine rings is 1. The van der Waals surface area contributed by atoms with Crippen molar-refractivity contribution in [3.8, 4) is 11.5 Å². The lowest BCUT2D eigenvalue weighted by atomic mass is 9.95. The van der Waals surface area contributed by atoms with Gasteiger partial charge in [0.05, 0.1) is 12.2 Å². The van der Waals surface area contributed by atoms with Gasteiger partial charge in [0, 0.05) is 49.0 Å². The second-order valence-electron chi connectivity index (χ2n) is 8.07. The first kappa shape index (κ1) is 21.7. The molecule has 1 fully saturated rings. The third kappa shape index (κ3) is 3.88. The van der Waals surface area contributed by atoms with Crippen LogP contribution in [-0.2, 0) is 6.42 Å². The van der Waals surface area contributed by atoms with Gasteiger partial charge in [-0.1, -0.05) is 6.92 Å². The molecule has 0 saturated carbocycles. The zero-order valence-electron chi connectivity index (χ0n) is 18.4. The Hall–Kier alpha value is -3.55. The fourth-order valence-corrected chi connectivity index (χ4v) is 4.30. The van der Waals surface area contributed by atoms with Crippen LogP contribution in [0, 0.1) is 5.41 Å². The number of benzene rings is 2. The molecule has 2 amide bonds. The van der Waals surface area contributed by atoms with E-state index in [1.165, 1.54) is 6.21 Å². The summed E-state index contributed by atoms with van der Waals surface area (Å²) in [6.07, 6.45) is 2.81. The normalized spacial score (nSPS) is 16.7. The molecule has 0 aromatic heterocycles. The van der Waals surface area contributed by atoms with E-state index in [0.717, 1.165) is 5.56 Å². The average molecular weight is 437 g/mol. The molecule has 8 nitrogen and oxygen atoms in total. The smallest absolute Gasteiger partial charge is 0.258 e. The van der Waals surface area contributed by atoms with Crippen LogP contribution in [0.1, 0.15) is 58.5 Å². The number of rotatable bonds is 5. The van der Waals surface area contributed by atoms with Crippen molar-refractivity contribution in [2.75, 3.05) is 25.4 Å². The minimum atomic E-state index is -0.830. The highest BCUT2D eigenvalue weighted by atomic mass is 16.5. The maximum Gasteiger partial charge on any atom is 0.258 e. The number of anilines is 1. The summed E-state index contributed by atoms with van der Waals surface area (Å²) in [6, 6.07) is 8.71. The molecule has 2 aromatic rings. The van der Waals surface area contributed by atoms with Gasteiger partial charge in [-0.3, -0.25) is 9.59 Å². The summed E-state index contributed by atoms with van der Waals surface area (Å²) in [7, 11) is 0. The highest BCUT2D eigenvalue weighted by Gasteiger charge is 2.43.